The minimum absolute atomic E-state index is 0.393. The Labute approximate surface area is 172 Å². The Morgan fingerprint density at radius 2 is 1.77 bits per heavy atom. The maximum absolute atomic E-state index is 6.23. The van der Waals surface area contributed by atoms with Gasteiger partial charge < -0.3 is 10.1 Å². The SMILES string of the molecule is Cc1cc(Br)ccc1NCc1ccccc1OCc1ccc(Cl)cc1Cl. The van der Waals surface area contributed by atoms with Crippen molar-refractivity contribution in [1.82, 2.24) is 0 Å². The van der Waals surface area contributed by atoms with E-state index in [0.717, 1.165) is 27.0 Å². The molecule has 1 N–H and O–H groups in total. The minimum Gasteiger partial charge on any atom is -0.488 e. The van der Waals surface area contributed by atoms with E-state index in [1.54, 1.807) is 6.07 Å². The molecule has 134 valence electrons. The van der Waals surface area contributed by atoms with Crippen molar-refractivity contribution in [1.29, 1.82) is 0 Å². The molecule has 0 unspecified atom stereocenters. The molecule has 3 rings (SSSR count). The first-order valence-electron chi connectivity index (χ1n) is 8.17. The maximum atomic E-state index is 6.23. The molecule has 0 saturated carbocycles. The van der Waals surface area contributed by atoms with Crippen LogP contribution in [0.5, 0.6) is 5.75 Å². The zero-order chi connectivity index (χ0) is 18.5. The second-order valence-electron chi connectivity index (χ2n) is 5.94. The van der Waals surface area contributed by atoms with Gasteiger partial charge in [0.25, 0.3) is 0 Å². The molecule has 0 spiro atoms. The van der Waals surface area contributed by atoms with Crippen molar-refractivity contribution in [2.75, 3.05) is 5.32 Å². The molecule has 0 saturated heterocycles. The molecule has 0 fully saturated rings. The van der Waals surface area contributed by atoms with Gasteiger partial charge in [0.15, 0.2) is 0 Å². The zero-order valence-corrected chi connectivity index (χ0v) is 17.3. The Bertz CT molecular complexity index is 840. The average Bonchev–Trinajstić information content (AvgIpc) is 2.61. The first-order valence-corrected chi connectivity index (χ1v) is 9.72. The summed E-state index contributed by atoms with van der Waals surface area (Å²) in [5.74, 6) is 0.834. The van der Waals surface area contributed by atoms with Crippen molar-refractivity contribution in [3.05, 3.63) is 91.9 Å². The lowest BCUT2D eigenvalue weighted by molar-refractivity contribution is 0.303. The topological polar surface area (TPSA) is 21.3 Å². The summed E-state index contributed by atoms with van der Waals surface area (Å²) in [5.41, 5.74) is 4.27. The van der Waals surface area contributed by atoms with Crippen LogP contribution < -0.4 is 10.1 Å². The van der Waals surface area contributed by atoms with Crippen molar-refractivity contribution < 1.29 is 4.74 Å². The van der Waals surface area contributed by atoms with E-state index >= 15 is 0 Å². The van der Waals surface area contributed by atoms with E-state index in [1.165, 1.54) is 5.56 Å². The third-order valence-electron chi connectivity index (χ3n) is 4.03. The number of nitrogens with one attached hydrogen (secondary N) is 1. The predicted octanol–water partition coefficient (Wildman–Crippen LogP) is 7.26. The van der Waals surface area contributed by atoms with E-state index in [4.69, 9.17) is 27.9 Å². The maximum Gasteiger partial charge on any atom is 0.124 e. The third kappa shape index (κ3) is 4.94. The van der Waals surface area contributed by atoms with Gasteiger partial charge >= 0.3 is 0 Å². The van der Waals surface area contributed by atoms with Crippen molar-refractivity contribution in [3.63, 3.8) is 0 Å². The van der Waals surface area contributed by atoms with Crippen molar-refractivity contribution in [3.8, 4) is 5.75 Å². The molecular formula is C21H18BrCl2NO. The van der Waals surface area contributed by atoms with E-state index in [0.29, 0.717) is 23.2 Å². The third-order valence-corrected chi connectivity index (χ3v) is 5.11. The van der Waals surface area contributed by atoms with Crippen LogP contribution in [0.2, 0.25) is 10.0 Å². The van der Waals surface area contributed by atoms with Gasteiger partial charge in [-0.2, -0.15) is 0 Å². The standard InChI is InChI=1S/C21H18BrCl2NO/c1-14-10-17(22)7-9-20(14)25-12-15-4-2-3-5-21(15)26-13-16-6-8-18(23)11-19(16)24/h2-11,25H,12-13H2,1H3. The summed E-state index contributed by atoms with van der Waals surface area (Å²) >= 11 is 15.7. The molecule has 5 heteroatoms. The summed E-state index contributed by atoms with van der Waals surface area (Å²) in [4.78, 5) is 0. The van der Waals surface area contributed by atoms with Crippen LogP contribution in [0.15, 0.2) is 65.1 Å². The molecule has 0 atom stereocenters. The van der Waals surface area contributed by atoms with Crippen LogP contribution in [0, 0.1) is 6.92 Å². The molecule has 0 aromatic heterocycles. The lowest BCUT2D eigenvalue weighted by atomic mass is 10.1. The molecular weight excluding hydrogens is 433 g/mol. The summed E-state index contributed by atoms with van der Waals surface area (Å²) in [6.07, 6.45) is 0. The number of hydrogen-bond donors (Lipinski definition) is 1. The van der Waals surface area contributed by atoms with Gasteiger partial charge in [0, 0.05) is 37.9 Å². The van der Waals surface area contributed by atoms with Crippen molar-refractivity contribution in [2.45, 2.75) is 20.1 Å². The molecule has 0 heterocycles. The molecule has 0 aliphatic heterocycles. The lowest BCUT2D eigenvalue weighted by Crippen LogP contribution is -2.04. The molecule has 0 bridgehead atoms. The van der Waals surface area contributed by atoms with Crippen LogP contribution in [-0.4, -0.2) is 0 Å². The number of aryl methyl sites for hydroxylation is 1. The van der Waals surface area contributed by atoms with Crippen LogP contribution in [0.25, 0.3) is 0 Å². The highest BCUT2D eigenvalue weighted by Crippen LogP contribution is 2.26. The van der Waals surface area contributed by atoms with Gasteiger partial charge in [-0.3, -0.25) is 0 Å². The fraction of sp³-hybridized carbons (Fsp3) is 0.143. The first-order chi connectivity index (χ1) is 12.5. The Kier molecular flexibility index (Phi) is 6.47. The average molecular weight is 451 g/mol. The fourth-order valence-electron chi connectivity index (χ4n) is 2.60. The van der Waals surface area contributed by atoms with Gasteiger partial charge in [-0.15, -0.1) is 0 Å². The second-order valence-corrected chi connectivity index (χ2v) is 7.70. The van der Waals surface area contributed by atoms with Gasteiger partial charge in [-0.1, -0.05) is 63.4 Å². The van der Waals surface area contributed by atoms with Gasteiger partial charge in [0.2, 0.25) is 0 Å². The number of benzene rings is 3. The highest BCUT2D eigenvalue weighted by molar-refractivity contribution is 9.10. The normalized spacial score (nSPS) is 10.6. The number of halogens is 3. The fourth-order valence-corrected chi connectivity index (χ4v) is 3.54. The number of hydrogen-bond acceptors (Lipinski definition) is 2. The minimum atomic E-state index is 0.393. The van der Waals surface area contributed by atoms with Crippen LogP contribution >= 0.6 is 39.1 Å². The number of ether oxygens (including phenoxy) is 1. The van der Waals surface area contributed by atoms with E-state index < -0.39 is 0 Å². The molecule has 26 heavy (non-hydrogen) atoms. The Hall–Kier alpha value is -1.68. The van der Waals surface area contributed by atoms with E-state index in [1.807, 2.05) is 36.4 Å². The number of para-hydroxylation sites is 1. The molecule has 0 aliphatic carbocycles. The van der Waals surface area contributed by atoms with Gasteiger partial charge in [-0.05, 0) is 48.9 Å². The second kappa shape index (κ2) is 8.81. The number of rotatable bonds is 6. The van der Waals surface area contributed by atoms with E-state index in [-0.39, 0.29) is 0 Å². The monoisotopic (exact) mass is 449 g/mol. The van der Waals surface area contributed by atoms with Crippen molar-refractivity contribution in [2.24, 2.45) is 0 Å². The summed E-state index contributed by atoms with van der Waals surface area (Å²) in [5, 5.41) is 4.70. The van der Waals surface area contributed by atoms with Gasteiger partial charge in [0.1, 0.15) is 12.4 Å². The quantitative estimate of drug-likeness (QED) is 0.426. The van der Waals surface area contributed by atoms with Crippen molar-refractivity contribution >= 4 is 44.8 Å². The molecule has 3 aromatic carbocycles. The summed E-state index contributed by atoms with van der Waals surface area (Å²) in [6.45, 7) is 3.15. The molecule has 0 radical (unpaired) electrons. The molecule has 0 amide bonds. The largest absolute Gasteiger partial charge is 0.488 e. The Morgan fingerprint density at radius 3 is 2.54 bits per heavy atom. The van der Waals surface area contributed by atoms with Crippen LogP contribution in [0.3, 0.4) is 0 Å². The van der Waals surface area contributed by atoms with Gasteiger partial charge in [0.05, 0.1) is 0 Å². The van der Waals surface area contributed by atoms with Crippen LogP contribution in [0.1, 0.15) is 16.7 Å². The number of anilines is 1. The molecule has 0 aliphatic rings. The molecule has 3 aromatic rings. The Balaban J connectivity index is 1.69. The smallest absolute Gasteiger partial charge is 0.124 e. The summed E-state index contributed by atoms with van der Waals surface area (Å²) in [7, 11) is 0. The lowest BCUT2D eigenvalue weighted by Gasteiger charge is -2.14. The van der Waals surface area contributed by atoms with Crippen LogP contribution in [0.4, 0.5) is 5.69 Å². The predicted molar refractivity (Wildman–Crippen MR) is 113 cm³/mol. The van der Waals surface area contributed by atoms with E-state index in [2.05, 4.69) is 46.4 Å². The zero-order valence-electron chi connectivity index (χ0n) is 14.2. The Morgan fingerprint density at radius 1 is 0.962 bits per heavy atom. The summed E-state index contributed by atoms with van der Waals surface area (Å²) < 4.78 is 7.08. The van der Waals surface area contributed by atoms with E-state index in [9.17, 15) is 0 Å². The highest BCUT2D eigenvalue weighted by atomic mass is 79.9. The first kappa shape index (κ1) is 19.1. The van der Waals surface area contributed by atoms with Gasteiger partial charge in [-0.25, -0.2) is 0 Å². The highest BCUT2D eigenvalue weighted by Gasteiger charge is 2.07. The summed E-state index contributed by atoms with van der Waals surface area (Å²) in [6, 6.07) is 19.6. The van der Waals surface area contributed by atoms with Crippen LogP contribution in [-0.2, 0) is 13.2 Å². The molecule has 2 nitrogen and oxygen atoms in total.